The summed E-state index contributed by atoms with van der Waals surface area (Å²) in [6, 6.07) is 4.96. The van der Waals surface area contributed by atoms with Crippen molar-refractivity contribution in [3.63, 3.8) is 0 Å². The van der Waals surface area contributed by atoms with Gasteiger partial charge in [0.25, 0.3) is 0 Å². The fourth-order valence-corrected chi connectivity index (χ4v) is 1.52. The number of methoxy groups -OCH3 is 1. The Morgan fingerprint density at radius 2 is 2.00 bits per heavy atom. The summed E-state index contributed by atoms with van der Waals surface area (Å²) < 4.78 is 31.6. The van der Waals surface area contributed by atoms with Gasteiger partial charge in [-0.25, -0.2) is 8.78 Å². The van der Waals surface area contributed by atoms with Crippen molar-refractivity contribution >= 4 is 5.78 Å². The van der Waals surface area contributed by atoms with Crippen LogP contribution in [0.3, 0.4) is 0 Å². The lowest BCUT2D eigenvalue weighted by Gasteiger charge is -2.05. The number of benzene rings is 1. The molecular formula is C13H9F2NO2. The van der Waals surface area contributed by atoms with E-state index in [1.807, 2.05) is 0 Å². The third kappa shape index (κ3) is 2.20. The second-order valence-electron chi connectivity index (χ2n) is 3.53. The summed E-state index contributed by atoms with van der Waals surface area (Å²) >= 11 is 0. The van der Waals surface area contributed by atoms with E-state index in [1.165, 1.54) is 31.5 Å². The number of pyridine rings is 1. The molecule has 2 rings (SSSR count). The molecule has 0 bridgehead atoms. The van der Waals surface area contributed by atoms with Gasteiger partial charge in [0, 0.05) is 11.8 Å². The average Bonchev–Trinajstić information content (AvgIpc) is 2.38. The molecule has 0 saturated carbocycles. The van der Waals surface area contributed by atoms with Gasteiger partial charge in [0.05, 0.1) is 18.9 Å². The normalized spacial score (nSPS) is 10.2. The van der Waals surface area contributed by atoms with Crippen LogP contribution < -0.4 is 4.74 Å². The number of carbonyl (C=O) groups excluding carboxylic acids is 1. The zero-order valence-corrected chi connectivity index (χ0v) is 9.48. The molecular weight excluding hydrogens is 240 g/mol. The van der Waals surface area contributed by atoms with E-state index in [-0.39, 0.29) is 16.9 Å². The Balaban J connectivity index is 2.41. The number of hydrogen-bond donors (Lipinski definition) is 0. The summed E-state index contributed by atoms with van der Waals surface area (Å²) in [6.07, 6.45) is 2.24. The molecule has 0 spiro atoms. The van der Waals surface area contributed by atoms with E-state index in [0.29, 0.717) is 0 Å². The van der Waals surface area contributed by atoms with Crippen LogP contribution in [0, 0.1) is 11.6 Å². The highest BCUT2D eigenvalue weighted by molar-refractivity contribution is 6.09. The van der Waals surface area contributed by atoms with Gasteiger partial charge >= 0.3 is 0 Å². The smallest absolute Gasteiger partial charge is 0.196 e. The molecule has 5 heteroatoms. The molecule has 0 amide bonds. The standard InChI is InChI=1S/C13H9F2NO2/c1-18-12-3-2-8(6-10(12)14)13(17)9-4-5-16-7-11(9)15/h2-7H,1H3. The van der Waals surface area contributed by atoms with E-state index in [0.717, 1.165) is 12.3 Å². The zero-order chi connectivity index (χ0) is 13.1. The first-order valence-corrected chi connectivity index (χ1v) is 5.11. The fraction of sp³-hybridized carbons (Fsp3) is 0.0769. The molecule has 0 radical (unpaired) electrons. The SMILES string of the molecule is COc1ccc(C(=O)c2ccncc2F)cc1F. The van der Waals surface area contributed by atoms with Crippen molar-refractivity contribution in [2.75, 3.05) is 7.11 Å². The number of halogens is 2. The van der Waals surface area contributed by atoms with Gasteiger partial charge in [-0.1, -0.05) is 0 Å². The summed E-state index contributed by atoms with van der Waals surface area (Å²) in [5.74, 6) is -1.98. The van der Waals surface area contributed by atoms with Crippen molar-refractivity contribution in [1.29, 1.82) is 0 Å². The number of ether oxygens (including phenoxy) is 1. The minimum atomic E-state index is -0.737. The highest BCUT2D eigenvalue weighted by Gasteiger charge is 2.15. The molecule has 1 aromatic carbocycles. The first-order valence-electron chi connectivity index (χ1n) is 5.11. The van der Waals surface area contributed by atoms with E-state index in [1.54, 1.807) is 0 Å². The van der Waals surface area contributed by atoms with Crippen molar-refractivity contribution < 1.29 is 18.3 Å². The molecule has 0 aliphatic heterocycles. The molecule has 3 nitrogen and oxygen atoms in total. The van der Waals surface area contributed by atoms with E-state index in [4.69, 9.17) is 4.74 Å². The molecule has 0 saturated heterocycles. The first kappa shape index (κ1) is 12.2. The highest BCUT2D eigenvalue weighted by atomic mass is 19.1. The van der Waals surface area contributed by atoms with Crippen LogP contribution in [0.25, 0.3) is 0 Å². The predicted octanol–water partition coefficient (Wildman–Crippen LogP) is 2.60. The molecule has 0 atom stereocenters. The minimum Gasteiger partial charge on any atom is -0.494 e. The number of nitrogens with zero attached hydrogens (tertiary/aromatic N) is 1. The van der Waals surface area contributed by atoms with Crippen molar-refractivity contribution in [3.05, 3.63) is 59.4 Å². The highest BCUT2D eigenvalue weighted by Crippen LogP contribution is 2.20. The maximum atomic E-state index is 13.4. The third-order valence-electron chi connectivity index (χ3n) is 2.43. The lowest BCUT2D eigenvalue weighted by Crippen LogP contribution is -2.05. The van der Waals surface area contributed by atoms with Gasteiger partial charge in [0.2, 0.25) is 0 Å². The van der Waals surface area contributed by atoms with Gasteiger partial charge in [-0.05, 0) is 24.3 Å². The second-order valence-corrected chi connectivity index (χ2v) is 3.53. The van der Waals surface area contributed by atoms with Crippen LogP contribution in [-0.2, 0) is 0 Å². The first-order chi connectivity index (χ1) is 8.63. The lowest BCUT2D eigenvalue weighted by molar-refractivity contribution is 0.103. The zero-order valence-electron chi connectivity index (χ0n) is 9.48. The summed E-state index contributed by atoms with van der Waals surface area (Å²) in [6.45, 7) is 0. The molecule has 1 heterocycles. The second kappa shape index (κ2) is 4.91. The van der Waals surface area contributed by atoms with Gasteiger partial charge in [-0.3, -0.25) is 9.78 Å². The van der Waals surface area contributed by atoms with Crippen molar-refractivity contribution in [2.45, 2.75) is 0 Å². The van der Waals surface area contributed by atoms with Gasteiger partial charge < -0.3 is 4.74 Å². The van der Waals surface area contributed by atoms with Gasteiger partial charge in [0.15, 0.2) is 23.2 Å². The van der Waals surface area contributed by atoms with Crippen LogP contribution in [0.1, 0.15) is 15.9 Å². The number of carbonyl (C=O) groups is 1. The molecule has 0 aliphatic carbocycles. The summed E-state index contributed by atoms with van der Waals surface area (Å²) in [5.41, 5.74) is -0.0898. The van der Waals surface area contributed by atoms with E-state index >= 15 is 0 Å². The van der Waals surface area contributed by atoms with E-state index < -0.39 is 17.4 Å². The summed E-state index contributed by atoms with van der Waals surface area (Å²) in [5, 5.41) is 0. The van der Waals surface area contributed by atoms with Crippen LogP contribution in [0.5, 0.6) is 5.75 Å². The number of ketones is 1. The average molecular weight is 249 g/mol. The maximum Gasteiger partial charge on any atom is 0.196 e. The Morgan fingerprint density at radius 3 is 2.61 bits per heavy atom. The Hall–Kier alpha value is -2.30. The maximum absolute atomic E-state index is 13.4. The van der Waals surface area contributed by atoms with Crippen LogP contribution in [0.2, 0.25) is 0 Å². The quantitative estimate of drug-likeness (QED) is 0.785. The molecule has 2 aromatic rings. The summed E-state index contributed by atoms with van der Waals surface area (Å²) in [7, 11) is 1.32. The largest absolute Gasteiger partial charge is 0.494 e. The molecule has 0 aliphatic rings. The molecule has 0 fully saturated rings. The van der Waals surface area contributed by atoms with Gasteiger partial charge in [-0.2, -0.15) is 0 Å². The van der Waals surface area contributed by atoms with Gasteiger partial charge in [-0.15, -0.1) is 0 Å². The van der Waals surface area contributed by atoms with Crippen LogP contribution in [0.15, 0.2) is 36.7 Å². The minimum absolute atomic E-state index is 0.0294. The Bertz CT molecular complexity index is 599. The van der Waals surface area contributed by atoms with Crippen molar-refractivity contribution in [1.82, 2.24) is 4.98 Å². The predicted molar refractivity (Wildman–Crippen MR) is 60.6 cm³/mol. The molecule has 0 unspecified atom stereocenters. The van der Waals surface area contributed by atoms with Crippen LogP contribution in [0.4, 0.5) is 8.78 Å². The molecule has 1 aromatic heterocycles. The molecule has 0 N–H and O–H groups in total. The number of hydrogen-bond acceptors (Lipinski definition) is 3. The number of aromatic nitrogens is 1. The van der Waals surface area contributed by atoms with Crippen molar-refractivity contribution in [2.24, 2.45) is 0 Å². The Kier molecular flexibility index (Phi) is 3.32. The Morgan fingerprint density at radius 1 is 1.22 bits per heavy atom. The molecule has 18 heavy (non-hydrogen) atoms. The van der Waals surface area contributed by atoms with Crippen molar-refractivity contribution in [3.8, 4) is 5.75 Å². The number of rotatable bonds is 3. The topological polar surface area (TPSA) is 39.2 Å². The third-order valence-corrected chi connectivity index (χ3v) is 2.43. The monoisotopic (exact) mass is 249 g/mol. The van der Waals surface area contributed by atoms with Crippen LogP contribution in [-0.4, -0.2) is 17.9 Å². The van der Waals surface area contributed by atoms with Gasteiger partial charge in [0.1, 0.15) is 0 Å². The Labute approximate surface area is 102 Å². The lowest BCUT2D eigenvalue weighted by atomic mass is 10.0. The fourth-order valence-electron chi connectivity index (χ4n) is 1.52. The summed E-state index contributed by atoms with van der Waals surface area (Å²) in [4.78, 5) is 15.5. The van der Waals surface area contributed by atoms with Crippen LogP contribution >= 0.6 is 0 Å². The molecule has 92 valence electrons. The van der Waals surface area contributed by atoms with E-state index in [2.05, 4.69) is 4.98 Å². The van der Waals surface area contributed by atoms with E-state index in [9.17, 15) is 13.6 Å².